The first-order valence-corrected chi connectivity index (χ1v) is 5.88. The van der Waals surface area contributed by atoms with Crippen LogP contribution in [0.2, 0.25) is 0 Å². The fourth-order valence-corrected chi connectivity index (χ4v) is 1.61. The van der Waals surface area contributed by atoms with E-state index >= 15 is 0 Å². The number of nitriles is 1. The number of benzene rings is 1. The molecule has 0 heterocycles. The lowest BCUT2D eigenvalue weighted by Crippen LogP contribution is -2.35. The van der Waals surface area contributed by atoms with Gasteiger partial charge in [-0.3, -0.25) is 0 Å². The number of carbonyl (C=O) groups is 1. The van der Waals surface area contributed by atoms with Crippen LogP contribution in [0.3, 0.4) is 0 Å². The first kappa shape index (κ1) is 14.0. The smallest absolute Gasteiger partial charge is 0.328 e. The average molecular weight is 246 g/mol. The second-order valence-electron chi connectivity index (χ2n) is 4.42. The summed E-state index contributed by atoms with van der Waals surface area (Å²) in [6, 6.07) is 9.21. The summed E-state index contributed by atoms with van der Waals surface area (Å²) in [6.45, 7) is 3.91. The first-order chi connectivity index (χ1) is 8.58. The van der Waals surface area contributed by atoms with Crippen LogP contribution in [-0.2, 0) is 16.0 Å². The third-order valence-corrected chi connectivity index (χ3v) is 2.68. The highest BCUT2D eigenvalue weighted by atomic mass is 16.5. The van der Waals surface area contributed by atoms with Gasteiger partial charge in [0, 0.05) is 5.69 Å². The molecule has 0 aliphatic carbocycles. The van der Waals surface area contributed by atoms with Crippen LogP contribution >= 0.6 is 0 Å². The molecule has 0 fully saturated rings. The zero-order chi connectivity index (χ0) is 13.5. The molecule has 0 bridgehead atoms. The van der Waals surface area contributed by atoms with Crippen molar-refractivity contribution in [3.8, 4) is 6.07 Å². The van der Waals surface area contributed by atoms with Crippen molar-refractivity contribution in [3.05, 3.63) is 29.8 Å². The van der Waals surface area contributed by atoms with Crippen LogP contribution in [-0.4, -0.2) is 19.1 Å². The van der Waals surface area contributed by atoms with E-state index in [1.165, 1.54) is 7.11 Å². The number of esters is 1. The Balaban J connectivity index is 2.75. The Kier molecular flexibility index (Phi) is 5.19. The molecule has 1 rings (SSSR count). The van der Waals surface area contributed by atoms with Gasteiger partial charge in [0.1, 0.15) is 6.04 Å². The average Bonchev–Trinajstić information content (AvgIpc) is 2.37. The van der Waals surface area contributed by atoms with Crippen LogP contribution < -0.4 is 5.32 Å². The molecule has 0 saturated carbocycles. The lowest BCUT2D eigenvalue weighted by molar-refractivity contribution is -0.142. The van der Waals surface area contributed by atoms with Gasteiger partial charge in [0.2, 0.25) is 0 Å². The maximum atomic E-state index is 11.6. The van der Waals surface area contributed by atoms with Gasteiger partial charge in [0.15, 0.2) is 0 Å². The Bertz CT molecular complexity index is 432. The molecule has 0 amide bonds. The van der Waals surface area contributed by atoms with Crippen LogP contribution in [0, 0.1) is 17.2 Å². The summed E-state index contributed by atoms with van der Waals surface area (Å²) < 4.78 is 4.76. The molecule has 4 nitrogen and oxygen atoms in total. The summed E-state index contributed by atoms with van der Waals surface area (Å²) >= 11 is 0. The van der Waals surface area contributed by atoms with Gasteiger partial charge in [0.25, 0.3) is 0 Å². The number of nitrogens with one attached hydrogen (secondary N) is 1. The van der Waals surface area contributed by atoms with Crippen molar-refractivity contribution in [3.63, 3.8) is 0 Å². The fourth-order valence-electron chi connectivity index (χ4n) is 1.61. The highest BCUT2D eigenvalue weighted by Gasteiger charge is 2.22. The largest absolute Gasteiger partial charge is 0.467 e. The second-order valence-corrected chi connectivity index (χ2v) is 4.42. The van der Waals surface area contributed by atoms with Gasteiger partial charge in [0.05, 0.1) is 19.6 Å². The summed E-state index contributed by atoms with van der Waals surface area (Å²) in [5.41, 5.74) is 1.81. The normalized spacial score (nSPS) is 11.7. The quantitative estimate of drug-likeness (QED) is 0.810. The molecule has 1 atom stereocenters. The lowest BCUT2D eigenvalue weighted by Gasteiger charge is -2.21. The zero-order valence-corrected chi connectivity index (χ0v) is 10.9. The SMILES string of the molecule is COC(=O)C(Nc1ccc(CC#N)cc1)C(C)C. The number of methoxy groups -OCH3 is 1. The highest BCUT2D eigenvalue weighted by molar-refractivity contribution is 5.79. The molecule has 0 aliphatic rings. The molecule has 0 saturated heterocycles. The number of anilines is 1. The topological polar surface area (TPSA) is 62.1 Å². The van der Waals surface area contributed by atoms with Gasteiger partial charge in [-0.1, -0.05) is 26.0 Å². The number of rotatable bonds is 5. The summed E-state index contributed by atoms with van der Waals surface area (Å²) in [4.78, 5) is 11.6. The van der Waals surface area contributed by atoms with Crippen LogP contribution in [0.5, 0.6) is 0 Å². The van der Waals surface area contributed by atoms with E-state index in [0.29, 0.717) is 6.42 Å². The number of hydrogen-bond acceptors (Lipinski definition) is 4. The number of ether oxygens (including phenoxy) is 1. The number of nitrogens with zero attached hydrogens (tertiary/aromatic N) is 1. The van der Waals surface area contributed by atoms with Gasteiger partial charge in [-0.2, -0.15) is 5.26 Å². The van der Waals surface area contributed by atoms with Crippen molar-refractivity contribution in [2.24, 2.45) is 5.92 Å². The minimum atomic E-state index is -0.364. The first-order valence-electron chi connectivity index (χ1n) is 5.88. The molecule has 96 valence electrons. The second kappa shape index (κ2) is 6.65. The van der Waals surface area contributed by atoms with E-state index in [9.17, 15) is 4.79 Å². The van der Waals surface area contributed by atoms with Crippen molar-refractivity contribution in [2.45, 2.75) is 26.3 Å². The maximum absolute atomic E-state index is 11.6. The molecular weight excluding hydrogens is 228 g/mol. The molecule has 1 aromatic carbocycles. The van der Waals surface area contributed by atoms with Gasteiger partial charge >= 0.3 is 5.97 Å². The molecule has 0 aliphatic heterocycles. The number of hydrogen-bond donors (Lipinski definition) is 1. The lowest BCUT2D eigenvalue weighted by atomic mass is 10.0. The summed E-state index contributed by atoms with van der Waals surface area (Å²) in [5, 5.41) is 11.7. The van der Waals surface area contributed by atoms with E-state index in [4.69, 9.17) is 10.00 Å². The maximum Gasteiger partial charge on any atom is 0.328 e. The highest BCUT2D eigenvalue weighted by Crippen LogP contribution is 2.15. The van der Waals surface area contributed by atoms with Crippen molar-refractivity contribution < 1.29 is 9.53 Å². The van der Waals surface area contributed by atoms with E-state index in [1.807, 2.05) is 38.1 Å². The van der Waals surface area contributed by atoms with Crippen LogP contribution in [0.15, 0.2) is 24.3 Å². The molecule has 1 aromatic rings. The van der Waals surface area contributed by atoms with Gasteiger partial charge in [-0.25, -0.2) is 4.79 Å². The molecular formula is C14H18N2O2. The van der Waals surface area contributed by atoms with Gasteiger partial charge < -0.3 is 10.1 Å². The van der Waals surface area contributed by atoms with Crippen LogP contribution in [0.4, 0.5) is 5.69 Å². The Hall–Kier alpha value is -2.02. The molecule has 1 N–H and O–H groups in total. The number of carbonyl (C=O) groups excluding carboxylic acids is 1. The standard InChI is InChI=1S/C14H18N2O2/c1-10(2)13(14(17)18-3)16-12-6-4-11(5-7-12)8-9-15/h4-7,10,13,16H,8H2,1-3H3. The third-order valence-electron chi connectivity index (χ3n) is 2.68. The summed E-state index contributed by atoms with van der Waals surface area (Å²) in [7, 11) is 1.38. The monoisotopic (exact) mass is 246 g/mol. The minimum absolute atomic E-state index is 0.135. The summed E-state index contributed by atoms with van der Waals surface area (Å²) in [5.74, 6) is -0.137. The van der Waals surface area contributed by atoms with E-state index in [1.54, 1.807) is 0 Å². The van der Waals surface area contributed by atoms with E-state index < -0.39 is 0 Å². The van der Waals surface area contributed by atoms with Crippen LogP contribution in [0.25, 0.3) is 0 Å². The van der Waals surface area contributed by atoms with Crippen molar-refractivity contribution in [2.75, 3.05) is 12.4 Å². The minimum Gasteiger partial charge on any atom is -0.467 e. The van der Waals surface area contributed by atoms with Crippen LogP contribution in [0.1, 0.15) is 19.4 Å². The van der Waals surface area contributed by atoms with E-state index in [-0.39, 0.29) is 17.9 Å². The summed E-state index contributed by atoms with van der Waals surface area (Å²) in [6.07, 6.45) is 0.394. The van der Waals surface area contributed by atoms with Crippen molar-refractivity contribution in [1.29, 1.82) is 5.26 Å². The van der Waals surface area contributed by atoms with Gasteiger partial charge in [-0.05, 0) is 23.6 Å². The molecule has 0 spiro atoms. The van der Waals surface area contributed by atoms with Gasteiger partial charge in [-0.15, -0.1) is 0 Å². The molecule has 0 radical (unpaired) electrons. The van der Waals surface area contributed by atoms with E-state index in [0.717, 1.165) is 11.3 Å². The Morgan fingerprint density at radius 3 is 2.44 bits per heavy atom. The molecule has 4 heteroatoms. The Labute approximate surface area is 108 Å². The van der Waals surface area contributed by atoms with E-state index in [2.05, 4.69) is 11.4 Å². The molecule has 1 unspecified atom stereocenters. The fraction of sp³-hybridized carbons (Fsp3) is 0.429. The Morgan fingerprint density at radius 2 is 2.00 bits per heavy atom. The predicted molar refractivity (Wildman–Crippen MR) is 70.0 cm³/mol. The molecule has 18 heavy (non-hydrogen) atoms. The predicted octanol–water partition coefficient (Wildman–Crippen LogP) is 2.36. The third kappa shape index (κ3) is 3.77. The van der Waals surface area contributed by atoms with Crippen molar-refractivity contribution in [1.82, 2.24) is 0 Å². The molecule has 0 aromatic heterocycles. The zero-order valence-electron chi connectivity index (χ0n) is 10.9. The Morgan fingerprint density at radius 1 is 1.39 bits per heavy atom. The van der Waals surface area contributed by atoms with Crippen molar-refractivity contribution >= 4 is 11.7 Å².